The summed E-state index contributed by atoms with van der Waals surface area (Å²) in [7, 11) is 0. The van der Waals surface area contributed by atoms with Gasteiger partial charge in [0.15, 0.2) is 0 Å². The van der Waals surface area contributed by atoms with Crippen molar-refractivity contribution in [3.63, 3.8) is 0 Å². The Morgan fingerprint density at radius 1 is 1.47 bits per heavy atom. The monoisotopic (exact) mass is 228 g/mol. The Bertz CT molecular complexity index is 463. The van der Waals surface area contributed by atoms with Crippen LogP contribution < -0.4 is 5.32 Å². The molecule has 1 aliphatic rings. The van der Waals surface area contributed by atoms with E-state index in [1.54, 1.807) is 0 Å². The Balaban J connectivity index is 1.89. The van der Waals surface area contributed by atoms with E-state index in [1.807, 2.05) is 37.3 Å². The van der Waals surface area contributed by atoms with Crippen LogP contribution in [0, 0.1) is 12.8 Å². The highest BCUT2D eigenvalue weighted by Crippen LogP contribution is 2.16. The number of anilines is 1. The highest BCUT2D eigenvalue weighted by atomic mass is 16.1. The molecule has 1 aromatic heterocycles. The van der Waals surface area contributed by atoms with Crippen molar-refractivity contribution in [1.82, 2.24) is 4.98 Å². The van der Waals surface area contributed by atoms with E-state index in [0.717, 1.165) is 12.1 Å². The van der Waals surface area contributed by atoms with Crippen LogP contribution in [0.5, 0.6) is 0 Å². The van der Waals surface area contributed by atoms with Gasteiger partial charge >= 0.3 is 0 Å². The number of carbonyl (C=O) groups is 1. The number of nitrogens with one attached hydrogen (secondary N) is 1. The standard InChI is InChI=1S/C14H16N2O/c1-11-6-5-9-13(15-11)16-14(17)10-12-7-3-2-4-8-12/h2-7,9,12H,8,10H2,1H3,(H,15,16,17)/t12-/m0/s1. The minimum absolute atomic E-state index is 0.0213. The van der Waals surface area contributed by atoms with Gasteiger partial charge in [0.1, 0.15) is 5.82 Å². The maximum absolute atomic E-state index is 11.8. The minimum Gasteiger partial charge on any atom is -0.311 e. The van der Waals surface area contributed by atoms with Crippen molar-refractivity contribution in [2.75, 3.05) is 5.32 Å². The van der Waals surface area contributed by atoms with Crippen LogP contribution >= 0.6 is 0 Å². The molecule has 1 heterocycles. The summed E-state index contributed by atoms with van der Waals surface area (Å²) in [5.74, 6) is 0.961. The summed E-state index contributed by atoms with van der Waals surface area (Å²) in [6.07, 6.45) is 9.61. The summed E-state index contributed by atoms with van der Waals surface area (Å²) in [5.41, 5.74) is 0.906. The lowest BCUT2D eigenvalue weighted by Crippen LogP contribution is -2.16. The number of hydrogen-bond acceptors (Lipinski definition) is 2. The van der Waals surface area contributed by atoms with Gasteiger partial charge in [0.2, 0.25) is 5.91 Å². The summed E-state index contributed by atoms with van der Waals surface area (Å²) in [6, 6.07) is 5.60. The number of allylic oxidation sites excluding steroid dienone is 4. The molecular weight excluding hydrogens is 212 g/mol. The number of aryl methyl sites for hydroxylation is 1. The van der Waals surface area contributed by atoms with E-state index in [1.165, 1.54) is 0 Å². The first-order valence-corrected chi connectivity index (χ1v) is 5.81. The third kappa shape index (κ3) is 3.55. The molecule has 3 heteroatoms. The quantitative estimate of drug-likeness (QED) is 0.864. The van der Waals surface area contributed by atoms with E-state index < -0.39 is 0 Å². The summed E-state index contributed by atoms with van der Waals surface area (Å²) < 4.78 is 0. The number of aromatic nitrogens is 1. The van der Waals surface area contributed by atoms with Crippen molar-refractivity contribution in [3.8, 4) is 0 Å². The van der Waals surface area contributed by atoms with Crippen molar-refractivity contribution >= 4 is 11.7 Å². The van der Waals surface area contributed by atoms with E-state index in [0.29, 0.717) is 18.2 Å². The summed E-state index contributed by atoms with van der Waals surface area (Å²) in [4.78, 5) is 16.0. The van der Waals surface area contributed by atoms with Crippen LogP contribution in [0.15, 0.2) is 42.5 Å². The lowest BCUT2D eigenvalue weighted by Gasteiger charge is -2.12. The van der Waals surface area contributed by atoms with Crippen molar-refractivity contribution < 1.29 is 4.79 Å². The molecule has 1 amide bonds. The van der Waals surface area contributed by atoms with Crippen molar-refractivity contribution in [2.45, 2.75) is 19.8 Å². The Kier molecular flexibility index (Phi) is 3.70. The first-order chi connectivity index (χ1) is 8.24. The number of pyridine rings is 1. The van der Waals surface area contributed by atoms with E-state index >= 15 is 0 Å². The second-order valence-corrected chi connectivity index (χ2v) is 4.23. The normalized spacial score (nSPS) is 18.1. The van der Waals surface area contributed by atoms with E-state index in [-0.39, 0.29) is 5.91 Å². The molecule has 0 bridgehead atoms. The number of carbonyl (C=O) groups excluding carboxylic acids is 1. The molecule has 0 aromatic carbocycles. The van der Waals surface area contributed by atoms with Gasteiger partial charge in [0.05, 0.1) is 0 Å². The topological polar surface area (TPSA) is 42.0 Å². The van der Waals surface area contributed by atoms with Crippen LogP contribution in [0.1, 0.15) is 18.5 Å². The molecule has 0 radical (unpaired) electrons. The van der Waals surface area contributed by atoms with Gasteiger partial charge in [-0.3, -0.25) is 4.79 Å². The van der Waals surface area contributed by atoms with Gasteiger partial charge in [-0.05, 0) is 31.4 Å². The fourth-order valence-corrected chi connectivity index (χ4v) is 1.83. The Morgan fingerprint density at radius 2 is 2.35 bits per heavy atom. The average molecular weight is 228 g/mol. The van der Waals surface area contributed by atoms with Crippen LogP contribution in [0.3, 0.4) is 0 Å². The predicted octanol–water partition coefficient (Wildman–Crippen LogP) is 2.85. The molecule has 2 rings (SSSR count). The Labute approximate surface area is 101 Å². The van der Waals surface area contributed by atoms with Crippen LogP contribution in [-0.4, -0.2) is 10.9 Å². The SMILES string of the molecule is Cc1cccc(NC(=O)C[C@H]2C=CC=CC2)n1. The molecule has 1 aromatic rings. The maximum Gasteiger partial charge on any atom is 0.226 e. The van der Waals surface area contributed by atoms with Gasteiger partial charge in [-0.2, -0.15) is 0 Å². The Hall–Kier alpha value is -1.90. The lowest BCUT2D eigenvalue weighted by molar-refractivity contribution is -0.116. The molecule has 0 saturated carbocycles. The summed E-state index contributed by atoms with van der Waals surface area (Å²) in [6.45, 7) is 1.91. The third-order valence-corrected chi connectivity index (χ3v) is 2.67. The highest BCUT2D eigenvalue weighted by molar-refractivity contribution is 5.90. The maximum atomic E-state index is 11.8. The van der Waals surface area contributed by atoms with Gasteiger partial charge in [-0.25, -0.2) is 4.98 Å². The molecular formula is C14H16N2O. The predicted molar refractivity (Wildman–Crippen MR) is 68.6 cm³/mol. The number of rotatable bonds is 3. The molecule has 1 atom stereocenters. The van der Waals surface area contributed by atoms with Crippen LogP contribution in [0.25, 0.3) is 0 Å². The van der Waals surface area contributed by atoms with Crippen LogP contribution in [0.2, 0.25) is 0 Å². The Morgan fingerprint density at radius 3 is 3.06 bits per heavy atom. The molecule has 3 nitrogen and oxygen atoms in total. The zero-order chi connectivity index (χ0) is 12.1. The summed E-state index contributed by atoms with van der Waals surface area (Å²) >= 11 is 0. The van der Waals surface area contributed by atoms with Crippen LogP contribution in [-0.2, 0) is 4.79 Å². The second-order valence-electron chi connectivity index (χ2n) is 4.23. The molecule has 1 N–H and O–H groups in total. The van der Waals surface area contributed by atoms with E-state index in [2.05, 4.69) is 22.5 Å². The van der Waals surface area contributed by atoms with Gasteiger partial charge in [0.25, 0.3) is 0 Å². The first kappa shape index (κ1) is 11.6. The van der Waals surface area contributed by atoms with Crippen molar-refractivity contribution in [1.29, 1.82) is 0 Å². The van der Waals surface area contributed by atoms with E-state index in [4.69, 9.17) is 0 Å². The number of nitrogens with zero attached hydrogens (tertiary/aromatic N) is 1. The molecule has 1 aliphatic carbocycles. The van der Waals surface area contributed by atoms with Crippen molar-refractivity contribution in [2.24, 2.45) is 5.92 Å². The summed E-state index contributed by atoms with van der Waals surface area (Å²) in [5, 5.41) is 2.82. The molecule has 17 heavy (non-hydrogen) atoms. The van der Waals surface area contributed by atoms with Gasteiger partial charge in [-0.1, -0.05) is 30.4 Å². The fraction of sp³-hybridized carbons (Fsp3) is 0.286. The minimum atomic E-state index is 0.0213. The first-order valence-electron chi connectivity index (χ1n) is 5.81. The molecule has 0 spiro atoms. The number of hydrogen-bond donors (Lipinski definition) is 1. The fourth-order valence-electron chi connectivity index (χ4n) is 1.83. The van der Waals surface area contributed by atoms with Gasteiger partial charge < -0.3 is 5.32 Å². The van der Waals surface area contributed by atoms with E-state index in [9.17, 15) is 4.79 Å². The average Bonchev–Trinajstić information content (AvgIpc) is 2.30. The molecule has 0 unspecified atom stereocenters. The second kappa shape index (κ2) is 5.43. The highest BCUT2D eigenvalue weighted by Gasteiger charge is 2.11. The number of amides is 1. The zero-order valence-corrected chi connectivity index (χ0v) is 9.89. The smallest absolute Gasteiger partial charge is 0.226 e. The molecule has 88 valence electrons. The van der Waals surface area contributed by atoms with Gasteiger partial charge in [-0.15, -0.1) is 0 Å². The molecule has 0 fully saturated rings. The van der Waals surface area contributed by atoms with Crippen LogP contribution in [0.4, 0.5) is 5.82 Å². The molecule has 0 aliphatic heterocycles. The zero-order valence-electron chi connectivity index (χ0n) is 9.89. The molecule has 0 saturated heterocycles. The van der Waals surface area contributed by atoms with Gasteiger partial charge in [0, 0.05) is 12.1 Å². The third-order valence-electron chi connectivity index (χ3n) is 2.67. The lowest BCUT2D eigenvalue weighted by atomic mass is 9.97. The largest absolute Gasteiger partial charge is 0.311 e. The van der Waals surface area contributed by atoms with Crippen molar-refractivity contribution in [3.05, 3.63) is 48.2 Å².